The fraction of sp³-hybridized carbons (Fsp3) is 0.571. The van der Waals surface area contributed by atoms with Crippen molar-refractivity contribution in [3.8, 4) is 0 Å². The van der Waals surface area contributed by atoms with Gasteiger partial charge < -0.3 is 15.0 Å². The molecule has 0 bridgehead atoms. The van der Waals surface area contributed by atoms with Crippen molar-refractivity contribution in [3.63, 3.8) is 0 Å². The predicted molar refractivity (Wildman–Crippen MR) is 84.0 cm³/mol. The van der Waals surface area contributed by atoms with Crippen LogP contribution in [0.3, 0.4) is 0 Å². The molecule has 3 nitrogen and oxygen atoms in total. The quantitative estimate of drug-likeness (QED) is 0.496. The van der Waals surface area contributed by atoms with Crippen LogP contribution < -0.4 is 11.2 Å². The molecule has 0 amide bonds. The van der Waals surface area contributed by atoms with Gasteiger partial charge in [-0.3, -0.25) is 0 Å². The maximum Gasteiger partial charge on any atom is 0.495 e. The van der Waals surface area contributed by atoms with E-state index in [9.17, 15) is 0 Å². The molecule has 1 aromatic rings. The third kappa shape index (κ3) is 2.51. The maximum atomic E-state index is 6.08. The third-order valence-corrected chi connectivity index (χ3v) is 4.60. The zero-order chi connectivity index (χ0) is 14.4. The van der Waals surface area contributed by atoms with Crippen LogP contribution in [-0.2, 0) is 15.1 Å². The summed E-state index contributed by atoms with van der Waals surface area (Å²) in [5, 5.41) is 0. The Hall–Kier alpha value is -0.645. The molecule has 0 unspecified atom stereocenters. The van der Waals surface area contributed by atoms with Crippen molar-refractivity contribution in [2.45, 2.75) is 51.6 Å². The smallest absolute Gasteiger partial charge is 0.399 e. The first-order valence-electron chi connectivity index (χ1n) is 6.53. The van der Waals surface area contributed by atoms with Crippen LogP contribution in [-0.4, -0.2) is 18.3 Å². The van der Waals surface area contributed by atoms with E-state index in [-0.39, 0.29) is 18.3 Å². The van der Waals surface area contributed by atoms with Crippen LogP contribution in [0, 0.1) is 6.92 Å². The van der Waals surface area contributed by atoms with Crippen LogP contribution in [0.15, 0.2) is 12.1 Å². The van der Waals surface area contributed by atoms with E-state index in [1.54, 1.807) is 0 Å². The molecular formula is C14H22BNO2S. The number of hydrogen-bond acceptors (Lipinski definition) is 4. The van der Waals surface area contributed by atoms with Gasteiger partial charge in [0.25, 0.3) is 0 Å². The summed E-state index contributed by atoms with van der Waals surface area (Å²) in [6, 6.07) is 3.89. The van der Waals surface area contributed by atoms with Gasteiger partial charge in [0.2, 0.25) is 0 Å². The molecule has 1 saturated heterocycles. The van der Waals surface area contributed by atoms with E-state index in [1.807, 2.05) is 39.8 Å². The molecule has 1 aliphatic rings. The largest absolute Gasteiger partial charge is 0.495 e. The highest BCUT2D eigenvalue weighted by Crippen LogP contribution is 2.37. The Morgan fingerprint density at radius 2 is 1.68 bits per heavy atom. The minimum Gasteiger partial charge on any atom is -0.399 e. The van der Waals surface area contributed by atoms with Crippen LogP contribution in [0.5, 0.6) is 0 Å². The monoisotopic (exact) mass is 279 g/mol. The second kappa shape index (κ2) is 4.72. The number of hydrogen-bond donors (Lipinski definition) is 2. The lowest BCUT2D eigenvalue weighted by molar-refractivity contribution is 0.00578. The van der Waals surface area contributed by atoms with Crippen molar-refractivity contribution in [2.24, 2.45) is 0 Å². The van der Waals surface area contributed by atoms with Gasteiger partial charge in [0, 0.05) is 11.4 Å². The Morgan fingerprint density at radius 1 is 1.16 bits per heavy atom. The van der Waals surface area contributed by atoms with Crippen molar-refractivity contribution in [1.82, 2.24) is 0 Å². The summed E-state index contributed by atoms with van der Waals surface area (Å²) < 4.78 is 12.2. The predicted octanol–water partition coefficient (Wildman–Crippen LogP) is 2.31. The van der Waals surface area contributed by atoms with Crippen molar-refractivity contribution >= 4 is 30.9 Å². The molecule has 1 aliphatic heterocycles. The molecule has 1 fully saturated rings. The van der Waals surface area contributed by atoms with Gasteiger partial charge in [0.15, 0.2) is 0 Å². The number of nitrogen functional groups attached to an aromatic ring is 1. The summed E-state index contributed by atoms with van der Waals surface area (Å²) >= 11 is 4.35. The molecule has 0 aromatic heterocycles. The average molecular weight is 279 g/mol. The molecule has 2 N–H and O–H groups in total. The molecule has 0 saturated carbocycles. The third-order valence-electron chi connectivity index (χ3n) is 4.26. The van der Waals surface area contributed by atoms with Crippen molar-refractivity contribution in [2.75, 3.05) is 5.73 Å². The fourth-order valence-electron chi connectivity index (χ4n) is 2.20. The van der Waals surface area contributed by atoms with Crippen LogP contribution in [0.25, 0.3) is 0 Å². The molecule has 104 valence electrons. The zero-order valence-corrected chi connectivity index (χ0v) is 13.2. The highest BCUT2D eigenvalue weighted by molar-refractivity contribution is 7.79. The van der Waals surface area contributed by atoms with Crippen LogP contribution in [0.1, 0.15) is 38.8 Å². The first kappa shape index (κ1) is 14.8. The lowest BCUT2D eigenvalue weighted by Crippen LogP contribution is -2.41. The molecule has 5 heteroatoms. The highest BCUT2D eigenvalue weighted by Gasteiger charge is 2.52. The fourth-order valence-corrected chi connectivity index (χ4v) is 2.53. The second-order valence-corrected chi connectivity index (χ2v) is 6.46. The molecule has 0 spiro atoms. The topological polar surface area (TPSA) is 44.5 Å². The van der Waals surface area contributed by atoms with Gasteiger partial charge in [-0.2, -0.15) is 12.6 Å². The normalized spacial score (nSPS) is 20.8. The lowest BCUT2D eigenvalue weighted by Gasteiger charge is -2.32. The van der Waals surface area contributed by atoms with Gasteiger partial charge in [-0.15, -0.1) is 0 Å². The van der Waals surface area contributed by atoms with Gasteiger partial charge in [0.05, 0.1) is 11.2 Å². The SMILES string of the molecule is Cc1c(CS)cc(N)cc1B1OC(C)(C)C(C)(C)O1. The number of thiol groups is 1. The molecule has 1 aromatic carbocycles. The second-order valence-electron chi connectivity index (χ2n) is 6.14. The van der Waals surface area contributed by atoms with E-state index in [2.05, 4.69) is 19.6 Å². The Bertz CT molecular complexity index is 486. The molecule has 1 heterocycles. The summed E-state index contributed by atoms with van der Waals surface area (Å²) in [6.45, 7) is 10.3. The van der Waals surface area contributed by atoms with Gasteiger partial charge in [0.1, 0.15) is 0 Å². The standard InChI is InChI=1S/C14H22BNO2S/c1-9-10(8-19)6-11(16)7-12(9)15-17-13(2,3)14(4,5)18-15/h6-7,19H,8,16H2,1-5H3. The van der Waals surface area contributed by atoms with E-state index in [0.717, 1.165) is 22.3 Å². The maximum absolute atomic E-state index is 6.08. The van der Waals surface area contributed by atoms with E-state index in [0.29, 0.717) is 5.75 Å². The molecule has 0 aliphatic carbocycles. The summed E-state index contributed by atoms with van der Waals surface area (Å²) in [4.78, 5) is 0. The van der Waals surface area contributed by atoms with E-state index in [1.165, 1.54) is 0 Å². The van der Waals surface area contributed by atoms with Crippen molar-refractivity contribution in [1.29, 1.82) is 0 Å². The van der Waals surface area contributed by atoms with E-state index < -0.39 is 0 Å². The summed E-state index contributed by atoms with van der Waals surface area (Å²) in [6.07, 6.45) is 0. The number of benzene rings is 1. The molecular weight excluding hydrogens is 257 g/mol. The Labute approximate surface area is 121 Å². The molecule has 0 radical (unpaired) electrons. The van der Waals surface area contributed by atoms with Crippen LogP contribution in [0.4, 0.5) is 5.69 Å². The Balaban J connectivity index is 2.42. The molecule has 2 rings (SSSR count). The van der Waals surface area contributed by atoms with Crippen LogP contribution in [0.2, 0.25) is 0 Å². The van der Waals surface area contributed by atoms with Crippen molar-refractivity contribution in [3.05, 3.63) is 23.3 Å². The number of rotatable bonds is 2. The minimum absolute atomic E-state index is 0.337. The summed E-state index contributed by atoms with van der Waals surface area (Å²) in [5.41, 5.74) is 9.27. The first-order valence-corrected chi connectivity index (χ1v) is 7.16. The summed E-state index contributed by atoms with van der Waals surface area (Å²) in [7, 11) is -0.368. The Kier molecular flexibility index (Phi) is 3.67. The number of anilines is 1. The first-order chi connectivity index (χ1) is 8.68. The van der Waals surface area contributed by atoms with Crippen LogP contribution >= 0.6 is 12.6 Å². The molecule has 19 heavy (non-hydrogen) atoms. The Morgan fingerprint density at radius 3 is 2.16 bits per heavy atom. The van der Waals surface area contributed by atoms with E-state index in [4.69, 9.17) is 15.0 Å². The average Bonchev–Trinajstić information content (AvgIpc) is 2.50. The molecule has 0 atom stereocenters. The highest BCUT2D eigenvalue weighted by atomic mass is 32.1. The van der Waals surface area contributed by atoms with E-state index >= 15 is 0 Å². The van der Waals surface area contributed by atoms with Gasteiger partial charge >= 0.3 is 7.12 Å². The van der Waals surface area contributed by atoms with Crippen molar-refractivity contribution < 1.29 is 9.31 Å². The zero-order valence-electron chi connectivity index (χ0n) is 12.3. The number of nitrogens with two attached hydrogens (primary N) is 1. The van der Waals surface area contributed by atoms with Gasteiger partial charge in [-0.1, -0.05) is 0 Å². The lowest BCUT2D eigenvalue weighted by atomic mass is 9.75. The van der Waals surface area contributed by atoms with Gasteiger partial charge in [-0.25, -0.2) is 0 Å². The van der Waals surface area contributed by atoms with Gasteiger partial charge in [-0.05, 0) is 63.3 Å². The minimum atomic E-state index is -0.368. The summed E-state index contributed by atoms with van der Waals surface area (Å²) in [5.74, 6) is 0.656.